The molecular weight excluding hydrogens is 430 g/mol. The summed E-state index contributed by atoms with van der Waals surface area (Å²) in [5, 5.41) is 0. The summed E-state index contributed by atoms with van der Waals surface area (Å²) in [4.78, 5) is 27.7. The van der Waals surface area contributed by atoms with Crippen molar-refractivity contribution in [1.82, 2.24) is 4.90 Å². The topological polar surface area (TPSA) is 69.0 Å². The van der Waals surface area contributed by atoms with Gasteiger partial charge in [-0.3, -0.25) is 4.79 Å². The van der Waals surface area contributed by atoms with Crippen molar-refractivity contribution in [3.8, 4) is 5.75 Å². The van der Waals surface area contributed by atoms with Crippen molar-refractivity contribution < 1.29 is 23.5 Å². The van der Waals surface area contributed by atoms with Gasteiger partial charge in [0.2, 0.25) is 11.7 Å². The number of esters is 1. The Hall–Kier alpha value is -3.54. The zero-order valence-corrected chi connectivity index (χ0v) is 19.8. The Morgan fingerprint density at radius 2 is 1.74 bits per heavy atom. The predicted octanol–water partition coefficient (Wildman–Crippen LogP) is 5.16. The molecule has 3 aromatic rings. The second-order valence-electron chi connectivity index (χ2n) is 8.61. The van der Waals surface area contributed by atoms with Gasteiger partial charge >= 0.3 is 5.97 Å². The molecule has 0 unspecified atom stereocenters. The summed E-state index contributed by atoms with van der Waals surface area (Å²) >= 11 is 0. The summed E-state index contributed by atoms with van der Waals surface area (Å²) in [6.45, 7) is 2.94. The van der Waals surface area contributed by atoms with Crippen LogP contribution in [-0.2, 0) is 27.9 Å². The third-order valence-electron chi connectivity index (χ3n) is 6.31. The normalized spacial score (nSPS) is 13.8. The number of aryl methyl sites for hydroxylation is 1. The fourth-order valence-electron chi connectivity index (χ4n) is 4.30. The number of carbonyl (C=O) groups is 2. The number of ether oxygens (including phenoxy) is 2. The second-order valence-corrected chi connectivity index (χ2v) is 8.61. The first-order valence-corrected chi connectivity index (χ1v) is 11.8. The number of carbonyl (C=O) groups excluding carboxylic acids is 2. The van der Waals surface area contributed by atoms with Gasteiger partial charge in [0.25, 0.3) is 0 Å². The van der Waals surface area contributed by atoms with E-state index >= 15 is 0 Å². The molecule has 2 aromatic carbocycles. The number of amides is 1. The van der Waals surface area contributed by atoms with Crippen LogP contribution < -0.4 is 4.74 Å². The van der Waals surface area contributed by atoms with Crippen molar-refractivity contribution in [2.45, 2.75) is 44.6 Å². The molecule has 0 aliphatic heterocycles. The molecular formula is C28H31NO5. The van der Waals surface area contributed by atoms with E-state index in [1.54, 1.807) is 26.2 Å². The maximum absolute atomic E-state index is 13.8. The molecule has 0 radical (unpaired) electrons. The number of rotatable bonds is 11. The molecule has 6 heteroatoms. The second kappa shape index (κ2) is 10.6. The minimum atomic E-state index is -0.504. The van der Waals surface area contributed by atoms with Crippen molar-refractivity contribution in [2.24, 2.45) is 0 Å². The van der Waals surface area contributed by atoms with Gasteiger partial charge in [0.1, 0.15) is 11.5 Å². The van der Waals surface area contributed by atoms with Crippen LogP contribution in [0, 0.1) is 0 Å². The predicted molar refractivity (Wildman–Crippen MR) is 129 cm³/mol. The van der Waals surface area contributed by atoms with E-state index in [1.165, 1.54) is 5.56 Å². The molecule has 34 heavy (non-hydrogen) atoms. The molecule has 0 spiro atoms. The van der Waals surface area contributed by atoms with Gasteiger partial charge in [0, 0.05) is 6.54 Å². The van der Waals surface area contributed by atoms with Crippen LogP contribution in [0.4, 0.5) is 0 Å². The molecule has 0 atom stereocenters. The highest BCUT2D eigenvalue weighted by molar-refractivity contribution is 5.91. The van der Waals surface area contributed by atoms with Crippen LogP contribution in [0.1, 0.15) is 53.6 Å². The molecule has 6 nitrogen and oxygen atoms in total. The molecule has 4 rings (SSSR count). The maximum Gasteiger partial charge on any atom is 0.374 e. The highest BCUT2D eigenvalue weighted by Crippen LogP contribution is 2.50. The van der Waals surface area contributed by atoms with Crippen molar-refractivity contribution in [1.29, 1.82) is 0 Å². The smallest absolute Gasteiger partial charge is 0.374 e. The lowest BCUT2D eigenvalue weighted by Crippen LogP contribution is -2.39. The maximum atomic E-state index is 13.8. The highest BCUT2D eigenvalue weighted by Gasteiger charge is 2.53. The van der Waals surface area contributed by atoms with Crippen molar-refractivity contribution in [3.05, 3.63) is 89.4 Å². The lowest BCUT2D eigenvalue weighted by atomic mass is 9.94. The van der Waals surface area contributed by atoms with Crippen LogP contribution >= 0.6 is 0 Å². The lowest BCUT2D eigenvalue weighted by molar-refractivity contribution is -0.135. The summed E-state index contributed by atoms with van der Waals surface area (Å²) in [5.41, 5.74) is 1.75. The average Bonchev–Trinajstić information content (AvgIpc) is 3.55. The first-order valence-electron chi connectivity index (χ1n) is 11.8. The zero-order valence-electron chi connectivity index (χ0n) is 19.8. The molecule has 0 N–H and O–H groups in total. The first-order chi connectivity index (χ1) is 16.6. The van der Waals surface area contributed by atoms with Gasteiger partial charge in [-0.25, -0.2) is 4.79 Å². The van der Waals surface area contributed by atoms with E-state index in [9.17, 15) is 9.59 Å². The third kappa shape index (κ3) is 5.33. The number of furan rings is 1. The summed E-state index contributed by atoms with van der Waals surface area (Å²) < 4.78 is 16.0. The third-order valence-corrected chi connectivity index (χ3v) is 6.31. The Morgan fingerprint density at radius 3 is 2.38 bits per heavy atom. The molecule has 1 saturated carbocycles. The summed E-state index contributed by atoms with van der Waals surface area (Å²) in [6.07, 6.45) is 3.35. The van der Waals surface area contributed by atoms with E-state index in [2.05, 4.69) is 12.1 Å². The molecule has 1 aromatic heterocycles. The Labute approximate surface area is 200 Å². The largest absolute Gasteiger partial charge is 0.497 e. The first kappa shape index (κ1) is 23.6. The molecule has 1 aliphatic rings. The van der Waals surface area contributed by atoms with Crippen LogP contribution in [-0.4, -0.2) is 37.0 Å². The standard InChI is InChI=1S/C28H31NO5/c1-3-33-26(30)25-16-15-24(34-25)20-29(19-7-10-21-8-5-4-6-9-21)27(31)28(17-18-28)22-11-13-23(32-2)14-12-22/h4-6,8-9,11-16H,3,7,10,17-20H2,1-2H3. The fraction of sp³-hybridized carbons (Fsp3) is 0.357. The fourth-order valence-corrected chi connectivity index (χ4v) is 4.30. The van der Waals surface area contributed by atoms with Gasteiger partial charge in [-0.2, -0.15) is 0 Å². The van der Waals surface area contributed by atoms with Crippen LogP contribution in [0.5, 0.6) is 5.75 Å². The van der Waals surface area contributed by atoms with Crippen LogP contribution in [0.15, 0.2) is 71.1 Å². The van der Waals surface area contributed by atoms with Gasteiger partial charge in [-0.1, -0.05) is 42.5 Å². The van der Waals surface area contributed by atoms with Crippen LogP contribution in [0.3, 0.4) is 0 Å². The van der Waals surface area contributed by atoms with Gasteiger partial charge in [0.15, 0.2) is 0 Å². The number of methoxy groups -OCH3 is 1. The van der Waals surface area contributed by atoms with E-state index in [4.69, 9.17) is 13.9 Å². The molecule has 0 saturated heterocycles. The Bertz CT molecular complexity index is 1100. The number of hydrogen-bond acceptors (Lipinski definition) is 5. The summed E-state index contributed by atoms with van der Waals surface area (Å²) in [7, 11) is 1.63. The molecule has 1 aliphatic carbocycles. The summed E-state index contributed by atoms with van der Waals surface area (Å²) in [6, 6.07) is 21.4. The Morgan fingerprint density at radius 1 is 1.00 bits per heavy atom. The molecule has 1 heterocycles. The van der Waals surface area contributed by atoms with E-state index in [0.717, 1.165) is 37.0 Å². The quantitative estimate of drug-likeness (QED) is 0.369. The van der Waals surface area contributed by atoms with Gasteiger partial charge in [0.05, 0.1) is 25.7 Å². The van der Waals surface area contributed by atoms with Crippen molar-refractivity contribution in [2.75, 3.05) is 20.3 Å². The molecule has 178 valence electrons. The van der Waals surface area contributed by atoms with Crippen LogP contribution in [0.25, 0.3) is 0 Å². The van der Waals surface area contributed by atoms with Gasteiger partial charge < -0.3 is 18.8 Å². The van der Waals surface area contributed by atoms with E-state index in [1.807, 2.05) is 47.4 Å². The number of hydrogen-bond donors (Lipinski definition) is 0. The molecule has 1 amide bonds. The molecule has 0 bridgehead atoms. The number of benzene rings is 2. The van der Waals surface area contributed by atoms with Crippen molar-refractivity contribution >= 4 is 11.9 Å². The minimum Gasteiger partial charge on any atom is -0.497 e. The van der Waals surface area contributed by atoms with E-state index < -0.39 is 11.4 Å². The Kier molecular flexibility index (Phi) is 7.36. The summed E-state index contributed by atoms with van der Waals surface area (Å²) in [5.74, 6) is 1.10. The lowest BCUT2D eigenvalue weighted by Gasteiger charge is -2.27. The molecule has 1 fully saturated rings. The van der Waals surface area contributed by atoms with E-state index in [-0.39, 0.29) is 18.3 Å². The zero-order chi connectivity index (χ0) is 24.0. The van der Waals surface area contributed by atoms with Gasteiger partial charge in [-0.05, 0) is 68.0 Å². The number of nitrogens with zero attached hydrogens (tertiary/aromatic N) is 1. The van der Waals surface area contributed by atoms with Gasteiger partial charge in [-0.15, -0.1) is 0 Å². The minimum absolute atomic E-state index is 0.0970. The van der Waals surface area contributed by atoms with E-state index in [0.29, 0.717) is 18.8 Å². The Balaban J connectivity index is 1.51. The highest BCUT2D eigenvalue weighted by atomic mass is 16.5. The van der Waals surface area contributed by atoms with Crippen LogP contribution in [0.2, 0.25) is 0 Å². The van der Waals surface area contributed by atoms with Crippen molar-refractivity contribution in [3.63, 3.8) is 0 Å². The average molecular weight is 462 g/mol. The SMILES string of the molecule is CCOC(=O)c1ccc(CN(CCCc2ccccc2)C(=O)C2(c3ccc(OC)cc3)CC2)o1. The monoisotopic (exact) mass is 461 g/mol.